The highest BCUT2D eigenvalue weighted by Crippen LogP contribution is 2.65. The topological polar surface area (TPSA) is 126 Å². The first-order valence-corrected chi connectivity index (χ1v) is 14.7. The summed E-state index contributed by atoms with van der Waals surface area (Å²) in [5.74, 6) is 0.367. The maximum atomic E-state index is 12.9. The predicted octanol–water partition coefficient (Wildman–Crippen LogP) is 2.61. The molecule has 9 nitrogen and oxygen atoms in total. The van der Waals surface area contributed by atoms with Crippen LogP contribution >= 0.6 is 16.8 Å². The van der Waals surface area contributed by atoms with Crippen molar-refractivity contribution in [2.45, 2.75) is 5.92 Å². The van der Waals surface area contributed by atoms with Gasteiger partial charge in [0.2, 0.25) is 11.8 Å². The molecule has 2 aromatic carbocycles. The molecule has 0 radical (unpaired) electrons. The van der Waals surface area contributed by atoms with Gasteiger partial charge in [0.15, 0.2) is 0 Å². The van der Waals surface area contributed by atoms with Crippen molar-refractivity contribution in [1.29, 1.82) is 0 Å². The largest absolute Gasteiger partial charge is 0.497 e. The molecule has 0 aliphatic carbocycles. The van der Waals surface area contributed by atoms with Gasteiger partial charge in [0.05, 0.1) is 29.2 Å². The number of hydrogen-bond acceptors (Lipinski definition) is 8. The Balaban J connectivity index is 1.69. The van der Waals surface area contributed by atoms with E-state index in [1.165, 1.54) is 11.4 Å². The van der Waals surface area contributed by atoms with Crippen molar-refractivity contribution < 1.29 is 9.47 Å². The number of hydrogen-bond donors (Lipinski definition) is 3. The molecule has 0 amide bonds. The van der Waals surface area contributed by atoms with Crippen LogP contribution in [-0.2, 0) is 11.8 Å². The molecule has 0 fully saturated rings. The minimum absolute atomic E-state index is 0.0407. The third kappa shape index (κ3) is 4.09. The van der Waals surface area contributed by atoms with Gasteiger partial charge >= 0.3 is 5.69 Å². The highest BCUT2D eigenvalue weighted by Gasteiger charge is 2.42. The second-order valence-electron chi connectivity index (χ2n) is 8.16. The van der Waals surface area contributed by atoms with Crippen LogP contribution in [0.4, 0.5) is 5.69 Å². The summed E-state index contributed by atoms with van der Waals surface area (Å²) in [5.41, 5.74) is 8.04. The van der Waals surface area contributed by atoms with Crippen molar-refractivity contribution in [3.63, 3.8) is 0 Å². The molecular formula is C23H22N5O4PS2. The molecule has 35 heavy (non-hydrogen) atoms. The number of aromatic nitrogens is 2. The van der Waals surface area contributed by atoms with Crippen molar-refractivity contribution in [2.75, 3.05) is 26.1 Å². The standard InChI is InChI=1S/C23H22N5O4PS2/c1-28(2)13-6-4-12(5-7-13)16-17-19(24)35-33(34,15-10-8-14(31-3)9-11-15)27-22(17)32-21-18(16)20(29)25-23(30)26-21/h4-11,16H,24H2,1-3H3,(H2,25,26,29,30). The molecule has 2 aliphatic heterocycles. The van der Waals surface area contributed by atoms with E-state index in [0.29, 0.717) is 16.4 Å². The molecule has 2 aliphatic rings. The second-order valence-corrected chi connectivity index (χ2v) is 15.0. The smallest absolute Gasteiger partial charge is 0.328 e. The van der Waals surface area contributed by atoms with Crippen LogP contribution in [0.5, 0.6) is 11.6 Å². The van der Waals surface area contributed by atoms with Gasteiger partial charge in [-0.25, -0.2) is 9.56 Å². The Morgan fingerprint density at radius 2 is 1.80 bits per heavy atom. The van der Waals surface area contributed by atoms with E-state index in [1.807, 2.05) is 67.5 Å². The highest BCUT2D eigenvalue weighted by molar-refractivity contribution is 8.74. The van der Waals surface area contributed by atoms with Crippen LogP contribution in [0, 0.1) is 0 Å². The molecule has 5 rings (SSSR count). The lowest BCUT2D eigenvalue weighted by atomic mass is 9.84. The third-order valence-corrected chi connectivity index (χ3v) is 11.6. The van der Waals surface area contributed by atoms with Crippen LogP contribution in [0.15, 0.2) is 73.5 Å². The summed E-state index contributed by atoms with van der Waals surface area (Å²) in [6.45, 7) is 0. The highest BCUT2D eigenvalue weighted by atomic mass is 32.9. The monoisotopic (exact) mass is 527 g/mol. The van der Waals surface area contributed by atoms with E-state index in [9.17, 15) is 9.59 Å². The van der Waals surface area contributed by atoms with Crippen LogP contribution in [0.3, 0.4) is 0 Å². The molecule has 4 N–H and O–H groups in total. The van der Waals surface area contributed by atoms with E-state index in [-0.39, 0.29) is 17.3 Å². The maximum Gasteiger partial charge on any atom is 0.328 e. The van der Waals surface area contributed by atoms with Crippen molar-refractivity contribution in [2.24, 2.45) is 10.5 Å². The fourth-order valence-corrected chi connectivity index (χ4v) is 9.24. The summed E-state index contributed by atoms with van der Waals surface area (Å²) in [6, 6.07) is 15.1. The van der Waals surface area contributed by atoms with Crippen molar-refractivity contribution >= 4 is 45.5 Å². The number of aromatic amines is 2. The van der Waals surface area contributed by atoms with Gasteiger partial charge in [0.25, 0.3) is 5.56 Å². The van der Waals surface area contributed by atoms with Gasteiger partial charge in [-0.05, 0) is 53.3 Å². The van der Waals surface area contributed by atoms with Gasteiger partial charge in [0.1, 0.15) is 11.1 Å². The molecule has 12 heteroatoms. The molecular weight excluding hydrogens is 505 g/mol. The zero-order chi connectivity index (χ0) is 24.9. The van der Waals surface area contributed by atoms with E-state index in [4.69, 9.17) is 31.8 Å². The summed E-state index contributed by atoms with van der Waals surface area (Å²) < 4.78 is 16.1. The first-order chi connectivity index (χ1) is 16.7. The summed E-state index contributed by atoms with van der Waals surface area (Å²) in [5, 5.41) is -1.36. The summed E-state index contributed by atoms with van der Waals surface area (Å²) in [7, 11) is 5.49. The number of methoxy groups -OCH3 is 1. The average molecular weight is 528 g/mol. The number of anilines is 1. The molecule has 3 heterocycles. The number of nitrogens with zero attached hydrogens (tertiary/aromatic N) is 2. The van der Waals surface area contributed by atoms with Gasteiger partial charge in [-0.3, -0.25) is 14.8 Å². The lowest BCUT2D eigenvalue weighted by Gasteiger charge is -2.34. The fourth-order valence-electron chi connectivity index (χ4n) is 4.06. The Labute approximate surface area is 209 Å². The van der Waals surface area contributed by atoms with E-state index in [0.717, 1.165) is 16.6 Å². The van der Waals surface area contributed by atoms with Crippen LogP contribution in [0.25, 0.3) is 0 Å². The normalized spacial score (nSPS) is 20.9. The van der Waals surface area contributed by atoms with E-state index < -0.39 is 22.6 Å². The lowest BCUT2D eigenvalue weighted by Crippen LogP contribution is -2.37. The van der Waals surface area contributed by atoms with E-state index in [2.05, 4.69) is 9.97 Å². The summed E-state index contributed by atoms with van der Waals surface area (Å²) in [6.07, 6.45) is 0. The minimum atomic E-state index is -2.63. The molecule has 2 unspecified atom stereocenters. The Kier molecular flexibility index (Phi) is 5.86. The number of nitrogens with two attached hydrogens (primary N) is 1. The maximum absolute atomic E-state index is 12.9. The van der Waals surface area contributed by atoms with Gasteiger partial charge in [-0.2, -0.15) is 0 Å². The molecule has 2 atom stereocenters. The molecule has 180 valence electrons. The van der Waals surface area contributed by atoms with Crippen molar-refractivity contribution in [1.82, 2.24) is 9.97 Å². The second kappa shape index (κ2) is 8.75. The summed E-state index contributed by atoms with van der Waals surface area (Å²) in [4.78, 5) is 31.9. The third-order valence-electron chi connectivity index (χ3n) is 5.80. The molecule has 1 aromatic heterocycles. The van der Waals surface area contributed by atoms with E-state index in [1.54, 1.807) is 7.11 Å². The number of fused-ring (bicyclic) bond motifs is 2. The zero-order valence-electron chi connectivity index (χ0n) is 19.1. The Morgan fingerprint density at radius 1 is 1.11 bits per heavy atom. The Hall–Kier alpha value is -3.27. The molecule has 3 aromatic rings. The molecule has 0 spiro atoms. The zero-order valence-corrected chi connectivity index (χ0v) is 21.6. The van der Waals surface area contributed by atoms with Gasteiger partial charge in [0, 0.05) is 25.1 Å². The average Bonchev–Trinajstić information content (AvgIpc) is 2.82. The number of H-pyrrole nitrogens is 2. The molecule has 0 saturated carbocycles. The van der Waals surface area contributed by atoms with Gasteiger partial charge in [-0.1, -0.05) is 23.9 Å². The van der Waals surface area contributed by atoms with Crippen LogP contribution in [0.2, 0.25) is 0 Å². The predicted molar refractivity (Wildman–Crippen MR) is 144 cm³/mol. The Morgan fingerprint density at radius 3 is 2.43 bits per heavy atom. The van der Waals surface area contributed by atoms with Crippen molar-refractivity contribution in [3.8, 4) is 11.6 Å². The van der Waals surface area contributed by atoms with Crippen LogP contribution in [0.1, 0.15) is 17.0 Å². The number of rotatable bonds is 4. The number of nitrogens with one attached hydrogen (secondary N) is 2. The van der Waals surface area contributed by atoms with Crippen molar-refractivity contribution in [3.05, 3.63) is 91.1 Å². The SMILES string of the molecule is COc1ccc(P2(=S)N=C3Oc4[nH]c(=O)[nH]c(=O)c4C(c4ccc(N(C)C)cc4)C3=C(N)S2)cc1. The van der Waals surface area contributed by atoms with Gasteiger partial charge < -0.3 is 20.1 Å². The Bertz CT molecular complexity index is 1540. The van der Waals surface area contributed by atoms with Crippen LogP contribution in [-0.4, -0.2) is 37.1 Å². The van der Waals surface area contributed by atoms with Crippen LogP contribution < -0.4 is 36.7 Å². The number of ether oxygens (including phenoxy) is 2. The molecule has 0 bridgehead atoms. The quantitative estimate of drug-likeness (QED) is 0.442. The first-order valence-electron chi connectivity index (χ1n) is 10.6. The lowest BCUT2D eigenvalue weighted by molar-refractivity contribution is 0.415. The van der Waals surface area contributed by atoms with E-state index >= 15 is 0 Å². The molecule has 0 saturated heterocycles. The first kappa shape index (κ1) is 23.5. The summed E-state index contributed by atoms with van der Waals surface area (Å²) >= 11 is 7.32. The minimum Gasteiger partial charge on any atom is -0.497 e. The van der Waals surface area contributed by atoms with Gasteiger partial charge in [-0.15, -0.1) is 0 Å². The number of benzene rings is 2. The fraction of sp³-hybridized carbons (Fsp3) is 0.174.